The summed E-state index contributed by atoms with van der Waals surface area (Å²) in [6, 6.07) is 13.0. The summed E-state index contributed by atoms with van der Waals surface area (Å²) in [6.45, 7) is 0.0425. The second-order valence-electron chi connectivity index (χ2n) is 10.2. The first-order valence-electron chi connectivity index (χ1n) is 12.1. The van der Waals surface area contributed by atoms with Gasteiger partial charge in [-0.3, -0.25) is 24.1 Å². The van der Waals surface area contributed by atoms with Gasteiger partial charge in [-0.25, -0.2) is 0 Å². The van der Waals surface area contributed by atoms with Crippen molar-refractivity contribution in [3.63, 3.8) is 0 Å². The number of carbonyl (C=O) groups excluding carboxylic acids is 4. The van der Waals surface area contributed by atoms with Crippen molar-refractivity contribution in [3.8, 4) is 5.75 Å². The molecule has 37 heavy (non-hydrogen) atoms. The summed E-state index contributed by atoms with van der Waals surface area (Å²) in [7, 11) is 3.39. The van der Waals surface area contributed by atoms with E-state index in [0.29, 0.717) is 12.0 Å². The molecule has 4 N–H and O–H groups in total. The van der Waals surface area contributed by atoms with Crippen LogP contribution >= 0.6 is 0 Å². The summed E-state index contributed by atoms with van der Waals surface area (Å²) < 4.78 is 6.04. The number of likely N-dealkylation sites (N-methyl/N-ethyl adjacent to an activating group) is 1. The fraction of sp³-hybridized carbons (Fsp3) is 0.357. The summed E-state index contributed by atoms with van der Waals surface area (Å²) in [5.74, 6) is -6.92. The maximum Gasteiger partial charge on any atom is 0.255 e. The highest BCUT2D eigenvalue weighted by Crippen LogP contribution is 2.51. The zero-order valence-corrected chi connectivity index (χ0v) is 20.5. The second kappa shape index (κ2) is 8.93. The molecule has 0 radical (unpaired) electrons. The number of rotatable bonds is 5. The van der Waals surface area contributed by atoms with E-state index >= 15 is 0 Å². The molecule has 5 atom stereocenters. The van der Waals surface area contributed by atoms with Gasteiger partial charge in [0.1, 0.15) is 23.7 Å². The molecule has 0 spiro atoms. The normalized spacial score (nSPS) is 29.0. The van der Waals surface area contributed by atoms with E-state index in [9.17, 15) is 29.4 Å². The number of phenolic OH excluding ortho intramolecular Hbond substituents is 1. The van der Waals surface area contributed by atoms with Gasteiger partial charge in [0.25, 0.3) is 5.91 Å². The van der Waals surface area contributed by atoms with Gasteiger partial charge in [-0.05, 0) is 50.0 Å². The molecule has 192 valence electrons. The number of ketones is 3. The Hall–Kier alpha value is -3.82. The Morgan fingerprint density at radius 1 is 1.11 bits per heavy atom. The first-order valence-corrected chi connectivity index (χ1v) is 12.1. The Kier molecular flexibility index (Phi) is 6.00. The first kappa shape index (κ1) is 24.9. The standard InChI is InChI=1S/C28H28N2O7/c1-30(2)22-17-12-16-11-15-9-6-10-18(31)19(15)23(32)20(16)25(33)28(17,36)26(34)21(27(29)35)24(22)37-13-14-7-4-3-5-8-14/h3-10,16-17,20,22,31,36H,11-13H2,1-2H3,(H2,29,35)/t16-,17-,20?,22-,28+/m0/s1. The van der Waals surface area contributed by atoms with E-state index in [1.807, 2.05) is 30.3 Å². The Bertz CT molecular complexity index is 1350. The molecule has 0 aromatic heterocycles. The highest BCUT2D eigenvalue weighted by molar-refractivity contribution is 6.32. The third-order valence-corrected chi connectivity index (χ3v) is 7.87. The van der Waals surface area contributed by atoms with Crippen LogP contribution in [0.25, 0.3) is 0 Å². The zero-order chi connectivity index (χ0) is 26.6. The fourth-order valence-corrected chi connectivity index (χ4v) is 6.27. The van der Waals surface area contributed by atoms with Crippen LogP contribution in [-0.4, -0.2) is 64.1 Å². The second-order valence-corrected chi connectivity index (χ2v) is 10.2. The molecule has 0 bridgehead atoms. The Balaban J connectivity index is 1.62. The first-order chi connectivity index (χ1) is 17.6. The lowest BCUT2D eigenvalue weighted by Gasteiger charge is -2.52. The number of aliphatic hydroxyl groups is 1. The van der Waals surface area contributed by atoms with Crippen LogP contribution in [0.2, 0.25) is 0 Å². The Morgan fingerprint density at radius 2 is 1.81 bits per heavy atom. The summed E-state index contributed by atoms with van der Waals surface area (Å²) >= 11 is 0. The number of phenols is 1. The van der Waals surface area contributed by atoms with Gasteiger partial charge in [-0.2, -0.15) is 0 Å². The van der Waals surface area contributed by atoms with E-state index in [4.69, 9.17) is 10.5 Å². The molecule has 9 nitrogen and oxygen atoms in total. The van der Waals surface area contributed by atoms with Crippen LogP contribution in [0.1, 0.15) is 27.9 Å². The van der Waals surface area contributed by atoms with Crippen LogP contribution in [0.4, 0.5) is 0 Å². The van der Waals surface area contributed by atoms with Crippen molar-refractivity contribution < 1.29 is 34.1 Å². The quantitative estimate of drug-likeness (QED) is 0.406. The van der Waals surface area contributed by atoms with Crippen molar-refractivity contribution in [3.05, 3.63) is 76.6 Å². The number of benzene rings is 2. The molecule has 1 amide bonds. The van der Waals surface area contributed by atoms with Crippen LogP contribution < -0.4 is 5.73 Å². The van der Waals surface area contributed by atoms with Crippen molar-refractivity contribution in [1.29, 1.82) is 0 Å². The minimum Gasteiger partial charge on any atom is -0.507 e. The molecule has 0 saturated heterocycles. The topological polar surface area (TPSA) is 147 Å². The largest absolute Gasteiger partial charge is 0.507 e. The molecule has 2 aromatic rings. The number of ether oxygens (including phenoxy) is 1. The predicted molar refractivity (Wildman–Crippen MR) is 131 cm³/mol. The maximum absolute atomic E-state index is 13.9. The summed E-state index contributed by atoms with van der Waals surface area (Å²) in [5.41, 5.74) is 3.83. The number of carbonyl (C=O) groups is 4. The van der Waals surface area contributed by atoms with Gasteiger partial charge in [0, 0.05) is 5.92 Å². The van der Waals surface area contributed by atoms with Crippen molar-refractivity contribution in [2.24, 2.45) is 23.5 Å². The van der Waals surface area contributed by atoms with Gasteiger partial charge in [-0.15, -0.1) is 0 Å². The molecule has 2 aromatic carbocycles. The average molecular weight is 505 g/mol. The SMILES string of the molecule is CN(C)[C@@H]1C(OCc2ccccc2)=C(C(N)=O)C(=O)[C@]2(O)C(=O)C3C(=O)c4c(O)cccc4C[C@H]3C[C@@H]12. The number of primary amides is 1. The third kappa shape index (κ3) is 3.69. The molecule has 1 saturated carbocycles. The van der Waals surface area contributed by atoms with Crippen molar-refractivity contribution in [2.45, 2.75) is 31.1 Å². The third-order valence-electron chi connectivity index (χ3n) is 7.87. The number of nitrogens with two attached hydrogens (primary N) is 1. The highest BCUT2D eigenvalue weighted by Gasteiger charge is 2.67. The van der Waals surface area contributed by atoms with Crippen LogP contribution in [0.5, 0.6) is 5.75 Å². The predicted octanol–water partition coefficient (Wildman–Crippen LogP) is 1.15. The average Bonchev–Trinajstić information content (AvgIpc) is 2.85. The lowest BCUT2D eigenvalue weighted by molar-refractivity contribution is -0.170. The van der Waals surface area contributed by atoms with Crippen molar-refractivity contribution in [1.82, 2.24) is 4.90 Å². The van der Waals surface area contributed by atoms with Gasteiger partial charge < -0.3 is 20.7 Å². The summed E-state index contributed by atoms with van der Waals surface area (Å²) in [4.78, 5) is 55.3. The Labute approximate surface area is 213 Å². The summed E-state index contributed by atoms with van der Waals surface area (Å²) in [5, 5.41) is 22.1. The fourth-order valence-electron chi connectivity index (χ4n) is 6.27. The number of hydrogen-bond acceptors (Lipinski definition) is 8. The number of amides is 1. The lowest BCUT2D eigenvalue weighted by Crippen LogP contribution is -2.69. The van der Waals surface area contributed by atoms with Gasteiger partial charge in [0.2, 0.25) is 5.78 Å². The van der Waals surface area contributed by atoms with Crippen LogP contribution in [0.15, 0.2) is 59.9 Å². The molecule has 5 rings (SSSR count). The van der Waals surface area contributed by atoms with E-state index in [0.717, 1.165) is 5.56 Å². The van der Waals surface area contributed by atoms with Crippen LogP contribution in [0.3, 0.4) is 0 Å². The molecule has 1 unspecified atom stereocenters. The molecule has 9 heteroatoms. The molecule has 0 heterocycles. The maximum atomic E-state index is 13.9. The molecule has 3 aliphatic carbocycles. The molecular formula is C28H28N2O7. The zero-order valence-electron chi connectivity index (χ0n) is 20.5. The van der Waals surface area contributed by atoms with Gasteiger partial charge in [0.15, 0.2) is 17.2 Å². The summed E-state index contributed by atoms with van der Waals surface area (Å²) in [6.07, 6.45) is 0.464. The van der Waals surface area contributed by atoms with E-state index in [-0.39, 0.29) is 30.1 Å². The number of hydrogen-bond donors (Lipinski definition) is 3. The minimum absolute atomic E-state index is 0.00691. The number of nitrogens with zero attached hydrogens (tertiary/aromatic N) is 1. The number of fused-ring (bicyclic) bond motifs is 3. The smallest absolute Gasteiger partial charge is 0.255 e. The van der Waals surface area contributed by atoms with Crippen molar-refractivity contribution in [2.75, 3.05) is 14.1 Å². The minimum atomic E-state index is -2.64. The van der Waals surface area contributed by atoms with E-state index in [2.05, 4.69) is 0 Å². The molecule has 0 aliphatic heterocycles. The molecule has 3 aliphatic rings. The molecular weight excluding hydrogens is 476 g/mol. The highest BCUT2D eigenvalue weighted by atomic mass is 16.5. The van der Waals surface area contributed by atoms with Crippen molar-refractivity contribution >= 4 is 23.3 Å². The van der Waals surface area contributed by atoms with Gasteiger partial charge >= 0.3 is 0 Å². The monoisotopic (exact) mass is 504 g/mol. The number of Topliss-reactive ketones (excluding diaryl/α,β-unsaturated/α-hetero) is 3. The van der Waals surface area contributed by atoms with Gasteiger partial charge in [0.05, 0.1) is 17.5 Å². The van der Waals surface area contributed by atoms with E-state index in [1.165, 1.54) is 6.07 Å². The van der Waals surface area contributed by atoms with Crippen LogP contribution in [0, 0.1) is 17.8 Å². The Morgan fingerprint density at radius 3 is 2.46 bits per heavy atom. The van der Waals surface area contributed by atoms with E-state index < -0.39 is 58.2 Å². The molecule has 1 fully saturated rings. The number of aromatic hydroxyl groups is 1. The lowest BCUT2D eigenvalue weighted by atomic mass is 9.54. The van der Waals surface area contributed by atoms with E-state index in [1.54, 1.807) is 31.1 Å². The van der Waals surface area contributed by atoms with Crippen LogP contribution in [-0.2, 0) is 32.1 Å². The van der Waals surface area contributed by atoms with Gasteiger partial charge in [-0.1, -0.05) is 42.5 Å².